The number of aromatic nitrogens is 5. The second kappa shape index (κ2) is 10.2. The summed E-state index contributed by atoms with van der Waals surface area (Å²) < 4.78 is 4.68. The van der Waals surface area contributed by atoms with Gasteiger partial charge in [0.2, 0.25) is 0 Å². The van der Waals surface area contributed by atoms with Crippen LogP contribution >= 0.6 is 24.8 Å². The van der Waals surface area contributed by atoms with Crippen LogP contribution in [0.15, 0.2) is 34.0 Å². The Morgan fingerprint density at radius 1 is 1.17 bits per heavy atom. The van der Waals surface area contributed by atoms with Crippen molar-refractivity contribution in [3.8, 4) is 0 Å². The first kappa shape index (κ1) is 24.1. The molecule has 10 heteroatoms. The van der Waals surface area contributed by atoms with Gasteiger partial charge in [0.1, 0.15) is 11.5 Å². The molecule has 8 nitrogen and oxygen atoms in total. The molecular formula is C20H28Cl2N6O2. The Morgan fingerprint density at radius 3 is 2.60 bits per heavy atom. The molecule has 1 fully saturated rings. The lowest BCUT2D eigenvalue weighted by molar-refractivity contribution is 0.362. The van der Waals surface area contributed by atoms with Crippen LogP contribution in [0.2, 0.25) is 0 Å². The van der Waals surface area contributed by atoms with Crippen LogP contribution in [0.3, 0.4) is 0 Å². The monoisotopic (exact) mass is 454 g/mol. The van der Waals surface area contributed by atoms with Crippen LogP contribution in [-0.4, -0.2) is 36.8 Å². The first-order valence-corrected chi connectivity index (χ1v) is 9.91. The average Bonchev–Trinajstić information content (AvgIpc) is 2.96. The van der Waals surface area contributed by atoms with E-state index in [0.717, 1.165) is 43.7 Å². The zero-order valence-corrected chi connectivity index (χ0v) is 18.8. The number of rotatable bonds is 5. The van der Waals surface area contributed by atoms with E-state index < -0.39 is 0 Å². The second-order valence-electron chi connectivity index (χ2n) is 7.52. The van der Waals surface area contributed by atoms with Crippen molar-refractivity contribution in [3.05, 3.63) is 62.3 Å². The highest BCUT2D eigenvalue weighted by atomic mass is 35.5. The Kier molecular flexibility index (Phi) is 8.23. The van der Waals surface area contributed by atoms with Gasteiger partial charge >= 0.3 is 5.69 Å². The van der Waals surface area contributed by atoms with Crippen LogP contribution in [0.1, 0.15) is 36.8 Å². The minimum atomic E-state index is -0.155. The highest BCUT2D eigenvalue weighted by Gasteiger charge is 2.19. The first-order chi connectivity index (χ1) is 13.5. The summed E-state index contributed by atoms with van der Waals surface area (Å²) in [5.41, 5.74) is 1.86. The zero-order valence-electron chi connectivity index (χ0n) is 17.2. The molecule has 3 aromatic rings. The number of hydrogen-bond donors (Lipinski definition) is 1. The van der Waals surface area contributed by atoms with Gasteiger partial charge in [-0.15, -0.1) is 24.8 Å². The number of fused-ring (bicyclic) bond motifs is 1. The van der Waals surface area contributed by atoms with Gasteiger partial charge in [-0.2, -0.15) is 5.10 Å². The lowest BCUT2D eigenvalue weighted by atomic mass is 9.94. The number of piperidine rings is 1. The zero-order chi connectivity index (χ0) is 19.7. The Labute approximate surface area is 187 Å². The summed E-state index contributed by atoms with van der Waals surface area (Å²) in [6, 6.07) is 5.21. The summed E-state index contributed by atoms with van der Waals surface area (Å²) in [7, 11) is 0. The normalized spacial score (nSPS) is 14.3. The van der Waals surface area contributed by atoms with Crippen LogP contribution in [-0.2, 0) is 19.5 Å². The van der Waals surface area contributed by atoms with E-state index in [4.69, 9.17) is 0 Å². The first-order valence-electron chi connectivity index (χ1n) is 9.91. The van der Waals surface area contributed by atoms with Crippen molar-refractivity contribution in [1.29, 1.82) is 0 Å². The fourth-order valence-corrected chi connectivity index (χ4v) is 3.89. The van der Waals surface area contributed by atoms with E-state index >= 15 is 0 Å². The molecule has 30 heavy (non-hydrogen) atoms. The van der Waals surface area contributed by atoms with Gasteiger partial charge < -0.3 is 5.32 Å². The fourth-order valence-electron chi connectivity index (χ4n) is 3.89. The molecule has 1 saturated heterocycles. The maximum absolute atomic E-state index is 12.8. The molecule has 0 amide bonds. The molecule has 0 atom stereocenters. The van der Waals surface area contributed by atoms with Crippen molar-refractivity contribution in [2.75, 3.05) is 13.1 Å². The van der Waals surface area contributed by atoms with Gasteiger partial charge in [-0.25, -0.2) is 14.5 Å². The van der Waals surface area contributed by atoms with Gasteiger partial charge in [0.05, 0.1) is 12.2 Å². The summed E-state index contributed by atoms with van der Waals surface area (Å²) in [5.74, 6) is 1.38. The Hall–Kier alpha value is -2.16. The molecule has 0 unspecified atom stereocenters. The minimum Gasteiger partial charge on any atom is -0.317 e. The van der Waals surface area contributed by atoms with Crippen LogP contribution in [0.25, 0.3) is 5.65 Å². The maximum atomic E-state index is 12.8. The van der Waals surface area contributed by atoms with E-state index in [1.165, 1.54) is 15.1 Å². The van der Waals surface area contributed by atoms with Gasteiger partial charge in [0.15, 0.2) is 0 Å². The fraction of sp³-hybridized carbons (Fsp3) is 0.500. The topological polar surface area (TPSA) is 86.2 Å². The lowest BCUT2D eigenvalue weighted by Crippen LogP contribution is -2.30. The van der Waals surface area contributed by atoms with Gasteiger partial charge in [0.25, 0.3) is 5.56 Å². The summed E-state index contributed by atoms with van der Waals surface area (Å²) in [6.07, 6.45) is 4.74. The highest BCUT2D eigenvalue weighted by Crippen LogP contribution is 2.16. The average molecular weight is 455 g/mol. The van der Waals surface area contributed by atoms with E-state index in [1.807, 2.05) is 26.0 Å². The van der Waals surface area contributed by atoms with Crippen molar-refractivity contribution >= 4 is 30.5 Å². The standard InChI is InChI=1S/C20H26N6O2.2ClH/c1-3-24-18(11-15-4-7-21-8-5-15)23-26(20(24)28)13-16-12-19(27)25-9-6-14(2)10-17(25)22-16;;/h6,9-10,12,15,21H,3-5,7-8,11,13H2,1-2H3;2*1H. The molecule has 4 heterocycles. The minimum absolute atomic E-state index is 0. The Morgan fingerprint density at radius 2 is 1.90 bits per heavy atom. The summed E-state index contributed by atoms with van der Waals surface area (Å²) >= 11 is 0. The third-order valence-electron chi connectivity index (χ3n) is 5.43. The molecule has 0 saturated carbocycles. The number of nitrogens with zero attached hydrogens (tertiary/aromatic N) is 5. The largest absolute Gasteiger partial charge is 0.346 e. The molecule has 164 valence electrons. The molecule has 0 radical (unpaired) electrons. The van der Waals surface area contributed by atoms with Gasteiger partial charge in [-0.05, 0) is 63.4 Å². The maximum Gasteiger partial charge on any atom is 0.346 e. The lowest BCUT2D eigenvalue weighted by Gasteiger charge is -2.21. The van der Waals surface area contributed by atoms with E-state index in [2.05, 4.69) is 15.4 Å². The highest BCUT2D eigenvalue weighted by molar-refractivity contribution is 5.85. The van der Waals surface area contributed by atoms with Crippen molar-refractivity contribution in [2.24, 2.45) is 5.92 Å². The molecule has 0 spiro atoms. The third kappa shape index (κ3) is 4.94. The van der Waals surface area contributed by atoms with E-state index in [9.17, 15) is 9.59 Å². The number of hydrogen-bond acceptors (Lipinski definition) is 5. The second-order valence-corrected chi connectivity index (χ2v) is 7.52. The van der Waals surface area contributed by atoms with Crippen molar-refractivity contribution in [2.45, 2.75) is 46.2 Å². The predicted octanol–water partition coefficient (Wildman–Crippen LogP) is 1.82. The molecule has 1 N–H and O–H groups in total. The van der Waals surface area contributed by atoms with Crippen LogP contribution in [0.5, 0.6) is 0 Å². The molecule has 4 rings (SSSR count). The van der Waals surface area contributed by atoms with E-state index in [0.29, 0.717) is 23.8 Å². The van der Waals surface area contributed by atoms with Gasteiger partial charge in [-0.3, -0.25) is 13.8 Å². The predicted molar refractivity (Wildman–Crippen MR) is 121 cm³/mol. The van der Waals surface area contributed by atoms with Gasteiger partial charge in [-0.1, -0.05) is 0 Å². The van der Waals surface area contributed by atoms with Gasteiger partial charge in [0, 0.05) is 25.2 Å². The Bertz CT molecular complexity index is 1110. The molecule has 0 bridgehead atoms. The van der Waals surface area contributed by atoms with Crippen LogP contribution in [0.4, 0.5) is 0 Å². The molecular weight excluding hydrogens is 427 g/mol. The van der Waals surface area contributed by atoms with Crippen molar-refractivity contribution in [3.63, 3.8) is 0 Å². The third-order valence-corrected chi connectivity index (χ3v) is 5.43. The van der Waals surface area contributed by atoms with E-state index in [1.54, 1.807) is 10.8 Å². The Balaban J connectivity index is 0.00000160. The van der Waals surface area contributed by atoms with Crippen molar-refractivity contribution in [1.82, 2.24) is 29.0 Å². The quantitative estimate of drug-likeness (QED) is 0.635. The molecule has 1 aliphatic rings. The number of pyridine rings is 1. The van der Waals surface area contributed by atoms with Crippen LogP contribution in [0, 0.1) is 12.8 Å². The molecule has 0 aromatic carbocycles. The van der Waals surface area contributed by atoms with Crippen molar-refractivity contribution < 1.29 is 0 Å². The number of halogens is 2. The smallest absolute Gasteiger partial charge is 0.317 e. The van der Waals surface area contributed by atoms with E-state index in [-0.39, 0.29) is 42.6 Å². The molecule has 1 aliphatic heterocycles. The number of aryl methyl sites for hydroxylation is 1. The SMILES string of the molecule is CCn1c(CC2CCNCC2)nn(Cc2cc(=O)n3ccc(C)cc3n2)c1=O.Cl.Cl. The number of nitrogens with one attached hydrogen (secondary N) is 1. The summed E-state index contributed by atoms with van der Waals surface area (Å²) in [6.45, 7) is 6.75. The molecule has 3 aromatic heterocycles. The molecule has 0 aliphatic carbocycles. The van der Waals surface area contributed by atoms with Crippen LogP contribution < -0.4 is 16.6 Å². The summed E-state index contributed by atoms with van der Waals surface area (Å²) in [5, 5.41) is 7.96. The summed E-state index contributed by atoms with van der Waals surface area (Å²) in [4.78, 5) is 29.7.